The Balaban J connectivity index is 1.61. The van der Waals surface area contributed by atoms with Gasteiger partial charge in [0.1, 0.15) is 5.69 Å². The van der Waals surface area contributed by atoms with Crippen molar-refractivity contribution in [3.8, 4) is 11.1 Å². The third-order valence-electron chi connectivity index (χ3n) is 8.36. The number of sulfonamides is 1. The Hall–Kier alpha value is -3.50. The molecular weight excluding hydrogens is 550 g/mol. The number of nitrogens with zero attached hydrogens (tertiary/aromatic N) is 3. The summed E-state index contributed by atoms with van der Waals surface area (Å²) in [7, 11) is -0.307. The first-order valence-corrected chi connectivity index (χ1v) is 15.7. The first-order chi connectivity index (χ1) is 20.0. The lowest BCUT2D eigenvalue weighted by atomic mass is 9.96. The predicted molar refractivity (Wildman–Crippen MR) is 165 cm³/mol. The van der Waals surface area contributed by atoms with Crippen LogP contribution in [-0.4, -0.2) is 72.1 Å². The molecule has 0 radical (unpaired) electrons. The van der Waals surface area contributed by atoms with Crippen molar-refractivity contribution < 1.29 is 23.1 Å². The summed E-state index contributed by atoms with van der Waals surface area (Å²) in [6.45, 7) is 6.07. The molecule has 3 atom stereocenters. The van der Waals surface area contributed by atoms with E-state index in [1.807, 2.05) is 87.0 Å². The first-order valence-electron chi connectivity index (χ1n) is 14.3. The van der Waals surface area contributed by atoms with Gasteiger partial charge in [-0.3, -0.25) is 4.79 Å². The number of benzene rings is 3. The highest BCUT2D eigenvalue weighted by Gasteiger charge is 2.34. The lowest BCUT2D eigenvalue weighted by Crippen LogP contribution is -2.48. The number of para-hydroxylation sites is 1. The SMILES string of the molecule is Cc1cccc(S(=O)(=O)N(C)C[C@@H]2OCc3ccccc3-c3c(n(C)c4ccccc34)C(=O)N([C@@H](C)CO)C[C@H]2C)c1. The average molecular weight is 590 g/mol. The molecule has 0 spiro atoms. The van der Waals surface area contributed by atoms with Crippen molar-refractivity contribution in [2.75, 3.05) is 26.7 Å². The molecule has 1 amide bonds. The van der Waals surface area contributed by atoms with Gasteiger partial charge >= 0.3 is 0 Å². The fourth-order valence-electron chi connectivity index (χ4n) is 5.83. The number of rotatable bonds is 6. The number of fused-ring (bicyclic) bond motifs is 5. The zero-order chi connectivity index (χ0) is 30.2. The third kappa shape index (κ3) is 5.49. The summed E-state index contributed by atoms with van der Waals surface area (Å²) in [4.78, 5) is 16.4. The molecule has 1 N–H and O–H groups in total. The molecule has 42 heavy (non-hydrogen) atoms. The Bertz CT molecular complexity index is 1710. The van der Waals surface area contributed by atoms with Crippen molar-refractivity contribution in [3.05, 3.63) is 89.6 Å². The van der Waals surface area contributed by atoms with E-state index in [0.29, 0.717) is 5.69 Å². The van der Waals surface area contributed by atoms with E-state index in [1.54, 1.807) is 30.1 Å². The molecular formula is C33H39N3O5S. The van der Waals surface area contributed by atoms with Gasteiger partial charge in [0.25, 0.3) is 5.91 Å². The molecule has 2 heterocycles. The predicted octanol–water partition coefficient (Wildman–Crippen LogP) is 4.83. The molecule has 0 fully saturated rings. The molecule has 1 aliphatic heterocycles. The number of hydrogen-bond donors (Lipinski definition) is 1. The van der Waals surface area contributed by atoms with E-state index in [1.165, 1.54) is 4.31 Å². The van der Waals surface area contributed by atoms with E-state index in [-0.39, 0.29) is 43.0 Å². The summed E-state index contributed by atoms with van der Waals surface area (Å²) in [6.07, 6.45) is -0.526. The lowest BCUT2D eigenvalue weighted by Gasteiger charge is -2.35. The molecule has 0 saturated heterocycles. The maximum absolute atomic E-state index is 14.5. The Morgan fingerprint density at radius 1 is 1.07 bits per heavy atom. The van der Waals surface area contributed by atoms with Crippen molar-refractivity contribution >= 4 is 26.8 Å². The standard InChI is InChI=1S/C33H39N3O5S/c1-22-11-10-13-26(17-22)42(39,40)34(4)19-30-23(2)18-36(24(3)20-37)33(38)32-31(27-14-7-6-12-25(27)21-41-30)28-15-8-9-16-29(28)35(32)5/h6-17,23-24,30,37H,18-21H2,1-5H3/t23-,24+,30+/m1/s1. The van der Waals surface area contributed by atoms with E-state index >= 15 is 0 Å². The number of aliphatic hydroxyl groups excluding tert-OH is 1. The third-order valence-corrected chi connectivity index (χ3v) is 10.2. The smallest absolute Gasteiger partial charge is 0.271 e. The summed E-state index contributed by atoms with van der Waals surface area (Å²) < 4.78 is 36.8. The lowest BCUT2D eigenvalue weighted by molar-refractivity contribution is -0.0147. The summed E-state index contributed by atoms with van der Waals surface area (Å²) in [5.74, 6) is -0.435. The number of aliphatic hydroxyl groups is 1. The molecule has 222 valence electrons. The van der Waals surface area contributed by atoms with Gasteiger partial charge in [-0.15, -0.1) is 0 Å². The number of ether oxygens (including phenoxy) is 1. The van der Waals surface area contributed by atoms with Crippen LogP contribution in [0.5, 0.6) is 0 Å². The maximum Gasteiger partial charge on any atom is 0.271 e. The molecule has 0 bridgehead atoms. The van der Waals surface area contributed by atoms with Crippen LogP contribution < -0.4 is 0 Å². The average Bonchev–Trinajstić information content (AvgIpc) is 3.28. The van der Waals surface area contributed by atoms with Crippen molar-refractivity contribution in [1.29, 1.82) is 0 Å². The number of likely N-dealkylation sites (N-methyl/N-ethyl adjacent to an activating group) is 1. The zero-order valence-corrected chi connectivity index (χ0v) is 25.6. The summed E-state index contributed by atoms with van der Waals surface area (Å²) in [5.41, 5.74) is 4.98. The second kappa shape index (κ2) is 12.0. The molecule has 5 rings (SSSR count). The van der Waals surface area contributed by atoms with Crippen LogP contribution in [0.3, 0.4) is 0 Å². The van der Waals surface area contributed by atoms with Crippen molar-refractivity contribution in [2.45, 2.75) is 44.4 Å². The Kier molecular flexibility index (Phi) is 8.57. The molecule has 0 aliphatic carbocycles. The topological polar surface area (TPSA) is 92.1 Å². The fraction of sp³-hybridized carbons (Fsp3) is 0.364. The highest BCUT2D eigenvalue weighted by molar-refractivity contribution is 7.89. The Morgan fingerprint density at radius 3 is 2.52 bits per heavy atom. The van der Waals surface area contributed by atoms with E-state index < -0.39 is 22.2 Å². The largest absolute Gasteiger partial charge is 0.394 e. The minimum Gasteiger partial charge on any atom is -0.394 e. The zero-order valence-electron chi connectivity index (χ0n) is 24.8. The van der Waals surface area contributed by atoms with E-state index in [2.05, 4.69) is 0 Å². The van der Waals surface area contributed by atoms with Gasteiger partial charge in [-0.25, -0.2) is 8.42 Å². The number of hydrogen-bond acceptors (Lipinski definition) is 5. The van der Waals surface area contributed by atoms with Gasteiger partial charge in [0.15, 0.2) is 0 Å². The van der Waals surface area contributed by atoms with Crippen molar-refractivity contribution in [2.24, 2.45) is 13.0 Å². The molecule has 3 aromatic carbocycles. The Labute approximate surface area is 248 Å². The highest BCUT2D eigenvalue weighted by Crippen LogP contribution is 2.38. The van der Waals surface area contributed by atoms with Crippen LogP contribution in [0.4, 0.5) is 0 Å². The molecule has 1 aliphatic rings. The molecule has 0 saturated carbocycles. The van der Waals surface area contributed by atoms with Crippen LogP contribution in [-0.2, 0) is 28.4 Å². The fourth-order valence-corrected chi connectivity index (χ4v) is 7.12. The van der Waals surface area contributed by atoms with Gasteiger partial charge in [-0.1, -0.05) is 61.5 Å². The summed E-state index contributed by atoms with van der Waals surface area (Å²) in [6, 6.07) is 22.2. The van der Waals surface area contributed by atoms with Crippen LogP contribution in [0.2, 0.25) is 0 Å². The normalized spacial score (nSPS) is 18.9. The van der Waals surface area contributed by atoms with Gasteiger partial charge in [0.05, 0.1) is 30.3 Å². The van der Waals surface area contributed by atoms with Crippen LogP contribution >= 0.6 is 0 Å². The van der Waals surface area contributed by atoms with Crippen molar-refractivity contribution in [3.63, 3.8) is 0 Å². The van der Waals surface area contributed by atoms with Gasteiger partial charge in [0, 0.05) is 49.6 Å². The van der Waals surface area contributed by atoms with Gasteiger partial charge in [0.2, 0.25) is 10.0 Å². The second-order valence-corrected chi connectivity index (χ2v) is 13.4. The van der Waals surface area contributed by atoms with Crippen LogP contribution in [0.15, 0.2) is 77.7 Å². The van der Waals surface area contributed by atoms with Gasteiger partial charge in [-0.05, 0) is 48.7 Å². The van der Waals surface area contributed by atoms with Crippen molar-refractivity contribution in [1.82, 2.24) is 13.8 Å². The minimum atomic E-state index is -3.77. The van der Waals surface area contributed by atoms with E-state index in [0.717, 1.165) is 33.2 Å². The van der Waals surface area contributed by atoms with Gasteiger partial charge in [-0.2, -0.15) is 4.31 Å². The first kappa shape index (κ1) is 30.0. The van der Waals surface area contributed by atoms with Crippen LogP contribution in [0.25, 0.3) is 22.0 Å². The van der Waals surface area contributed by atoms with Crippen LogP contribution in [0, 0.1) is 12.8 Å². The maximum atomic E-state index is 14.5. The Morgan fingerprint density at radius 2 is 1.79 bits per heavy atom. The summed E-state index contributed by atoms with van der Waals surface area (Å²) in [5, 5.41) is 11.2. The number of amides is 1. The summed E-state index contributed by atoms with van der Waals surface area (Å²) >= 11 is 0. The highest BCUT2D eigenvalue weighted by atomic mass is 32.2. The second-order valence-electron chi connectivity index (χ2n) is 11.4. The number of aryl methyl sites for hydroxylation is 2. The van der Waals surface area contributed by atoms with Crippen LogP contribution in [0.1, 0.15) is 35.5 Å². The molecule has 9 heteroatoms. The number of carbonyl (C=O) groups is 1. The van der Waals surface area contributed by atoms with E-state index in [4.69, 9.17) is 4.74 Å². The quantitative estimate of drug-likeness (QED) is 0.348. The van der Waals surface area contributed by atoms with E-state index in [9.17, 15) is 18.3 Å². The minimum absolute atomic E-state index is 0.102. The molecule has 4 aromatic rings. The number of aromatic nitrogens is 1. The molecule has 0 unspecified atom stereocenters. The number of carbonyl (C=O) groups excluding carboxylic acids is 1. The molecule has 1 aromatic heterocycles. The molecule has 8 nitrogen and oxygen atoms in total. The van der Waals surface area contributed by atoms with Gasteiger partial charge < -0.3 is 19.3 Å². The monoisotopic (exact) mass is 589 g/mol.